The van der Waals surface area contributed by atoms with Gasteiger partial charge in [-0.3, -0.25) is 0 Å². The molecular weight excluding hydrogens is 316 g/mol. The second kappa shape index (κ2) is 8.30. The summed E-state index contributed by atoms with van der Waals surface area (Å²) in [7, 11) is 1.67. The number of pyridine rings is 1. The van der Waals surface area contributed by atoms with E-state index in [0.717, 1.165) is 35.0 Å². The van der Waals surface area contributed by atoms with E-state index < -0.39 is 0 Å². The summed E-state index contributed by atoms with van der Waals surface area (Å²) in [5, 5.41) is 7.65. The molecule has 6 nitrogen and oxygen atoms in total. The Hall–Kier alpha value is -2.86. The van der Waals surface area contributed by atoms with E-state index in [0.29, 0.717) is 13.2 Å². The summed E-state index contributed by atoms with van der Waals surface area (Å²) in [6.07, 6.45) is 5.41. The van der Waals surface area contributed by atoms with Gasteiger partial charge in [0.25, 0.3) is 0 Å². The van der Waals surface area contributed by atoms with Crippen LogP contribution in [0.4, 0.5) is 0 Å². The first-order valence-corrected chi connectivity index (χ1v) is 8.26. The Morgan fingerprint density at radius 2 is 2.04 bits per heavy atom. The molecule has 2 aromatic heterocycles. The first-order valence-electron chi connectivity index (χ1n) is 8.26. The lowest BCUT2D eigenvalue weighted by Crippen LogP contribution is -2.14. The van der Waals surface area contributed by atoms with E-state index in [1.165, 1.54) is 0 Å². The zero-order valence-electron chi connectivity index (χ0n) is 14.5. The van der Waals surface area contributed by atoms with Crippen LogP contribution in [0.1, 0.15) is 18.1 Å². The fourth-order valence-corrected chi connectivity index (χ4v) is 2.64. The minimum Gasteiger partial charge on any atom is -0.493 e. The molecule has 3 aromatic rings. The second-order valence-corrected chi connectivity index (χ2v) is 5.46. The highest BCUT2D eigenvalue weighted by molar-refractivity contribution is 5.46. The first kappa shape index (κ1) is 17.0. The molecule has 0 saturated heterocycles. The Morgan fingerprint density at radius 3 is 2.80 bits per heavy atom. The largest absolute Gasteiger partial charge is 0.493 e. The van der Waals surface area contributed by atoms with Crippen LogP contribution in [0.25, 0.3) is 5.82 Å². The van der Waals surface area contributed by atoms with Crippen LogP contribution in [0.15, 0.2) is 55.0 Å². The van der Waals surface area contributed by atoms with Gasteiger partial charge in [-0.25, -0.2) is 9.67 Å². The highest BCUT2D eigenvalue weighted by Crippen LogP contribution is 2.30. The van der Waals surface area contributed by atoms with E-state index in [1.54, 1.807) is 24.2 Å². The van der Waals surface area contributed by atoms with Gasteiger partial charge in [-0.1, -0.05) is 12.1 Å². The third kappa shape index (κ3) is 4.16. The molecule has 0 bridgehead atoms. The highest BCUT2D eigenvalue weighted by atomic mass is 16.5. The Labute approximate surface area is 147 Å². The van der Waals surface area contributed by atoms with E-state index in [1.807, 2.05) is 49.5 Å². The van der Waals surface area contributed by atoms with Crippen molar-refractivity contribution < 1.29 is 9.47 Å². The van der Waals surface area contributed by atoms with Crippen LogP contribution in [-0.4, -0.2) is 28.5 Å². The van der Waals surface area contributed by atoms with Crippen LogP contribution >= 0.6 is 0 Å². The molecule has 0 aliphatic carbocycles. The lowest BCUT2D eigenvalue weighted by molar-refractivity contribution is 0.308. The van der Waals surface area contributed by atoms with Gasteiger partial charge in [0.15, 0.2) is 17.3 Å². The van der Waals surface area contributed by atoms with Crippen LogP contribution < -0.4 is 14.8 Å². The SMILES string of the molecule is CCOc1cccc(CNCc2ccnc(-n3cccn3)c2)c1OC. The number of hydrogen-bond donors (Lipinski definition) is 1. The average molecular weight is 338 g/mol. The number of nitrogens with one attached hydrogen (secondary N) is 1. The van der Waals surface area contributed by atoms with Crippen molar-refractivity contribution in [3.63, 3.8) is 0 Å². The number of ether oxygens (including phenoxy) is 2. The van der Waals surface area contributed by atoms with Crippen LogP contribution in [0.5, 0.6) is 11.5 Å². The first-order chi connectivity index (χ1) is 12.3. The molecule has 130 valence electrons. The molecule has 0 aliphatic rings. The molecule has 0 fully saturated rings. The highest BCUT2D eigenvalue weighted by Gasteiger charge is 2.09. The molecule has 6 heteroatoms. The smallest absolute Gasteiger partial charge is 0.165 e. The third-order valence-corrected chi connectivity index (χ3v) is 3.76. The Balaban J connectivity index is 1.65. The van der Waals surface area contributed by atoms with Crippen molar-refractivity contribution in [3.8, 4) is 17.3 Å². The summed E-state index contributed by atoms with van der Waals surface area (Å²) >= 11 is 0. The van der Waals surface area contributed by atoms with Crippen molar-refractivity contribution in [1.29, 1.82) is 0 Å². The predicted octanol–water partition coefficient (Wildman–Crippen LogP) is 2.96. The molecule has 25 heavy (non-hydrogen) atoms. The van der Waals surface area contributed by atoms with E-state index in [9.17, 15) is 0 Å². The average Bonchev–Trinajstić information content (AvgIpc) is 3.17. The number of methoxy groups -OCH3 is 1. The molecule has 0 saturated carbocycles. The van der Waals surface area contributed by atoms with Gasteiger partial charge >= 0.3 is 0 Å². The number of aromatic nitrogens is 3. The Kier molecular flexibility index (Phi) is 5.64. The monoisotopic (exact) mass is 338 g/mol. The molecule has 0 spiro atoms. The van der Waals surface area contributed by atoms with Crippen molar-refractivity contribution in [1.82, 2.24) is 20.1 Å². The summed E-state index contributed by atoms with van der Waals surface area (Å²) in [5.74, 6) is 2.36. The van der Waals surface area contributed by atoms with Gasteiger partial charge in [0.2, 0.25) is 0 Å². The standard InChI is InChI=1S/C19H22N4O2/c1-3-25-17-7-4-6-16(19(17)24-2)14-20-13-15-8-10-21-18(12-15)23-11-5-9-22-23/h4-12,20H,3,13-14H2,1-2H3. The van der Waals surface area contributed by atoms with Crippen molar-refractivity contribution in [2.45, 2.75) is 20.0 Å². The number of rotatable bonds is 8. The lowest BCUT2D eigenvalue weighted by atomic mass is 10.1. The van der Waals surface area contributed by atoms with Crippen molar-refractivity contribution in [2.75, 3.05) is 13.7 Å². The van der Waals surface area contributed by atoms with E-state index in [4.69, 9.17) is 9.47 Å². The van der Waals surface area contributed by atoms with Crippen LogP contribution in [0.2, 0.25) is 0 Å². The number of nitrogens with zero attached hydrogens (tertiary/aromatic N) is 3. The summed E-state index contributed by atoms with van der Waals surface area (Å²) in [5.41, 5.74) is 2.20. The fourth-order valence-electron chi connectivity index (χ4n) is 2.64. The van der Waals surface area contributed by atoms with Gasteiger partial charge < -0.3 is 14.8 Å². The van der Waals surface area contributed by atoms with Crippen LogP contribution in [0, 0.1) is 0 Å². The molecule has 1 aromatic carbocycles. The van der Waals surface area contributed by atoms with Crippen molar-refractivity contribution in [3.05, 3.63) is 66.1 Å². The summed E-state index contributed by atoms with van der Waals surface area (Å²) in [6.45, 7) is 3.98. The molecule has 0 amide bonds. The normalized spacial score (nSPS) is 10.6. The van der Waals surface area contributed by atoms with Crippen molar-refractivity contribution in [2.24, 2.45) is 0 Å². The quantitative estimate of drug-likeness (QED) is 0.684. The Bertz CT molecular complexity index is 803. The number of para-hydroxylation sites is 1. The van der Waals surface area contributed by atoms with Gasteiger partial charge in [-0.15, -0.1) is 0 Å². The number of benzene rings is 1. The Morgan fingerprint density at radius 1 is 1.12 bits per heavy atom. The zero-order valence-corrected chi connectivity index (χ0v) is 14.5. The van der Waals surface area contributed by atoms with Crippen LogP contribution in [0.3, 0.4) is 0 Å². The van der Waals surface area contributed by atoms with Gasteiger partial charge in [0.1, 0.15) is 0 Å². The third-order valence-electron chi connectivity index (χ3n) is 3.76. The molecule has 0 atom stereocenters. The minimum absolute atomic E-state index is 0.612. The minimum atomic E-state index is 0.612. The van der Waals surface area contributed by atoms with E-state index in [-0.39, 0.29) is 0 Å². The maximum absolute atomic E-state index is 5.62. The topological polar surface area (TPSA) is 61.2 Å². The van der Waals surface area contributed by atoms with Gasteiger partial charge in [0.05, 0.1) is 13.7 Å². The molecule has 0 unspecified atom stereocenters. The van der Waals surface area contributed by atoms with Gasteiger partial charge in [0, 0.05) is 37.2 Å². The molecule has 2 heterocycles. The van der Waals surface area contributed by atoms with Crippen molar-refractivity contribution >= 4 is 0 Å². The molecular formula is C19H22N4O2. The van der Waals surface area contributed by atoms with Gasteiger partial charge in [-0.2, -0.15) is 5.10 Å². The predicted molar refractivity (Wildman–Crippen MR) is 96.1 cm³/mol. The van der Waals surface area contributed by atoms with E-state index >= 15 is 0 Å². The molecule has 3 rings (SSSR count). The number of hydrogen-bond acceptors (Lipinski definition) is 5. The summed E-state index contributed by atoms with van der Waals surface area (Å²) < 4.78 is 12.9. The van der Waals surface area contributed by atoms with Crippen LogP contribution in [-0.2, 0) is 13.1 Å². The zero-order chi connectivity index (χ0) is 17.5. The van der Waals surface area contributed by atoms with Gasteiger partial charge in [-0.05, 0) is 36.8 Å². The second-order valence-electron chi connectivity index (χ2n) is 5.46. The maximum atomic E-state index is 5.62. The summed E-state index contributed by atoms with van der Waals surface area (Å²) in [4.78, 5) is 4.34. The summed E-state index contributed by atoms with van der Waals surface area (Å²) in [6, 6.07) is 11.8. The maximum Gasteiger partial charge on any atom is 0.165 e. The van der Waals surface area contributed by atoms with E-state index in [2.05, 4.69) is 15.4 Å². The lowest BCUT2D eigenvalue weighted by Gasteiger charge is -2.14. The molecule has 1 N–H and O–H groups in total. The molecule has 0 radical (unpaired) electrons. The molecule has 0 aliphatic heterocycles. The fraction of sp³-hybridized carbons (Fsp3) is 0.263.